The quantitative estimate of drug-likeness (QED) is 0.233. The van der Waals surface area contributed by atoms with Crippen LogP contribution in [0.4, 0.5) is 0 Å². The number of carbonyl (C=O) groups is 3. The van der Waals surface area contributed by atoms with Crippen molar-refractivity contribution in [2.75, 3.05) is 72.6 Å². The van der Waals surface area contributed by atoms with E-state index in [1.165, 1.54) is 11.0 Å². The molecule has 3 fully saturated rings. The summed E-state index contributed by atoms with van der Waals surface area (Å²) in [6.07, 6.45) is 4.33. The molecule has 13 nitrogen and oxygen atoms in total. The number of likely N-dealkylation sites (tertiary alicyclic amines) is 2. The zero-order chi connectivity index (χ0) is 37.9. The average molecular weight is 776 g/mol. The molecule has 7 rings (SSSR count). The molecule has 0 aliphatic carbocycles. The van der Waals surface area contributed by atoms with Crippen molar-refractivity contribution in [3.8, 4) is 11.4 Å². The Balaban J connectivity index is 1.08. The molecule has 1 aromatic heterocycles. The van der Waals surface area contributed by atoms with Crippen LogP contribution < -0.4 is 4.74 Å². The van der Waals surface area contributed by atoms with Crippen molar-refractivity contribution in [2.24, 2.45) is 0 Å². The highest BCUT2D eigenvalue weighted by molar-refractivity contribution is 6.42. The fourth-order valence-corrected chi connectivity index (χ4v) is 8.73. The number of hydrogen-bond acceptors (Lipinski definition) is 9. The average Bonchev–Trinajstić information content (AvgIpc) is 3.90. The molecule has 54 heavy (non-hydrogen) atoms. The number of nitrogens with zero attached hydrogens (tertiary/aromatic N) is 8. The number of carboxylic acids is 1. The van der Waals surface area contributed by atoms with E-state index in [9.17, 15) is 19.5 Å². The number of piperidine rings is 1. The molecule has 284 valence electrons. The molecule has 4 aromatic rings. The summed E-state index contributed by atoms with van der Waals surface area (Å²) in [5.41, 5.74) is 2.10. The van der Waals surface area contributed by atoms with Gasteiger partial charge in [0.1, 0.15) is 12.1 Å². The highest BCUT2D eigenvalue weighted by Crippen LogP contribution is 2.43. The van der Waals surface area contributed by atoms with Crippen LogP contribution in [0.3, 0.4) is 0 Å². The van der Waals surface area contributed by atoms with Gasteiger partial charge in [-0.1, -0.05) is 59.6 Å². The number of halogens is 2. The van der Waals surface area contributed by atoms with E-state index in [4.69, 9.17) is 27.9 Å². The second-order valence-electron chi connectivity index (χ2n) is 14.5. The number of benzene rings is 3. The van der Waals surface area contributed by atoms with Crippen LogP contribution in [-0.4, -0.2) is 135 Å². The number of carboxylic acid groups (broad SMARTS) is 1. The maximum atomic E-state index is 14.4. The number of amides is 2. The van der Waals surface area contributed by atoms with Crippen LogP contribution in [0, 0.1) is 0 Å². The molecule has 3 aliphatic heterocycles. The van der Waals surface area contributed by atoms with E-state index in [0.717, 1.165) is 43.6 Å². The molecule has 0 spiro atoms. The van der Waals surface area contributed by atoms with Crippen LogP contribution >= 0.6 is 23.2 Å². The molecule has 15 heteroatoms. The lowest BCUT2D eigenvalue weighted by molar-refractivity contribution is -0.142. The van der Waals surface area contributed by atoms with Crippen molar-refractivity contribution in [1.29, 1.82) is 0 Å². The molecule has 0 bridgehead atoms. The molecule has 1 unspecified atom stereocenters. The predicted molar refractivity (Wildman–Crippen MR) is 203 cm³/mol. The summed E-state index contributed by atoms with van der Waals surface area (Å²) in [6, 6.07) is 21.2. The van der Waals surface area contributed by atoms with Crippen molar-refractivity contribution < 1.29 is 24.2 Å². The van der Waals surface area contributed by atoms with Crippen LogP contribution in [-0.2, 0) is 20.4 Å². The van der Waals surface area contributed by atoms with E-state index in [0.29, 0.717) is 79.2 Å². The van der Waals surface area contributed by atoms with E-state index >= 15 is 0 Å². The smallest absolute Gasteiger partial charge is 0.317 e. The van der Waals surface area contributed by atoms with Gasteiger partial charge in [-0.25, -0.2) is 4.68 Å². The Bertz CT molecular complexity index is 1970. The highest BCUT2D eigenvalue weighted by atomic mass is 35.5. The Kier molecular flexibility index (Phi) is 11.2. The number of carbonyl (C=O) groups excluding carboxylic acids is 2. The van der Waals surface area contributed by atoms with E-state index < -0.39 is 11.4 Å². The van der Waals surface area contributed by atoms with Crippen molar-refractivity contribution >= 4 is 41.0 Å². The molecule has 1 atom stereocenters. The molecule has 3 saturated heterocycles. The number of piperazine rings is 1. The lowest BCUT2D eigenvalue weighted by atomic mass is 9.71. The van der Waals surface area contributed by atoms with Gasteiger partial charge in [0.25, 0.3) is 5.91 Å². The molecule has 2 amide bonds. The van der Waals surface area contributed by atoms with Gasteiger partial charge in [-0.05, 0) is 97.2 Å². The summed E-state index contributed by atoms with van der Waals surface area (Å²) in [6.45, 7) is 5.37. The lowest BCUT2D eigenvalue weighted by Crippen LogP contribution is -2.58. The van der Waals surface area contributed by atoms with Gasteiger partial charge in [-0.3, -0.25) is 19.3 Å². The van der Waals surface area contributed by atoms with Crippen molar-refractivity contribution in [3.05, 3.63) is 99.8 Å². The SMILES string of the molecule is COc1ccc(-n2cnnn2)cc1C(=O)N1CCC(CCN2CCC(C(=O)N3CCN(CC(=O)O)CC3)(c3ccccc3)CC2)(c2ccc(Cl)c(Cl)c2)C1. The summed E-state index contributed by atoms with van der Waals surface area (Å²) in [4.78, 5) is 48.0. The first-order valence-corrected chi connectivity index (χ1v) is 19.0. The minimum Gasteiger partial charge on any atom is -0.496 e. The van der Waals surface area contributed by atoms with E-state index in [1.54, 1.807) is 25.3 Å². The van der Waals surface area contributed by atoms with Crippen LogP contribution in [0.1, 0.15) is 47.2 Å². The number of methoxy groups -OCH3 is 1. The summed E-state index contributed by atoms with van der Waals surface area (Å²) >= 11 is 13.0. The lowest BCUT2D eigenvalue weighted by Gasteiger charge is -2.46. The van der Waals surface area contributed by atoms with Gasteiger partial charge in [-0.2, -0.15) is 0 Å². The van der Waals surface area contributed by atoms with Gasteiger partial charge < -0.3 is 24.5 Å². The zero-order valence-electron chi connectivity index (χ0n) is 30.2. The summed E-state index contributed by atoms with van der Waals surface area (Å²) in [5, 5.41) is 21.6. The Morgan fingerprint density at radius 2 is 1.57 bits per heavy atom. The van der Waals surface area contributed by atoms with Crippen molar-refractivity contribution in [2.45, 2.75) is 36.5 Å². The molecule has 3 aliphatic rings. The monoisotopic (exact) mass is 774 g/mol. The first-order chi connectivity index (χ1) is 26.1. The topological polar surface area (TPSA) is 137 Å². The number of aliphatic carboxylic acids is 1. The zero-order valence-corrected chi connectivity index (χ0v) is 31.8. The second-order valence-corrected chi connectivity index (χ2v) is 15.3. The van der Waals surface area contributed by atoms with Gasteiger partial charge in [0.05, 0.1) is 40.4 Å². The third kappa shape index (κ3) is 7.68. The minimum atomic E-state index is -0.854. The predicted octanol–water partition coefficient (Wildman–Crippen LogP) is 4.41. The Hall–Kier alpha value is -4.56. The fourth-order valence-electron chi connectivity index (χ4n) is 8.43. The second kappa shape index (κ2) is 16.0. The molecule has 0 radical (unpaired) electrons. The third-order valence-electron chi connectivity index (χ3n) is 11.6. The van der Waals surface area contributed by atoms with Gasteiger partial charge in [0.2, 0.25) is 5.91 Å². The van der Waals surface area contributed by atoms with E-state index in [-0.39, 0.29) is 23.8 Å². The molecule has 3 aromatic carbocycles. The summed E-state index contributed by atoms with van der Waals surface area (Å²) in [7, 11) is 1.55. The van der Waals surface area contributed by atoms with Crippen LogP contribution in [0.5, 0.6) is 5.75 Å². The van der Waals surface area contributed by atoms with Crippen molar-refractivity contribution in [1.82, 2.24) is 39.8 Å². The summed E-state index contributed by atoms with van der Waals surface area (Å²) < 4.78 is 7.12. The third-order valence-corrected chi connectivity index (χ3v) is 12.3. The van der Waals surface area contributed by atoms with Gasteiger partial charge in [-0.15, -0.1) is 5.10 Å². The fraction of sp³-hybridized carbons (Fsp3) is 0.436. The molecule has 4 heterocycles. The van der Waals surface area contributed by atoms with Gasteiger partial charge >= 0.3 is 5.97 Å². The normalized spacial score (nSPS) is 20.6. The number of hydrogen-bond donors (Lipinski definition) is 1. The van der Waals surface area contributed by atoms with Gasteiger partial charge in [0, 0.05) is 44.7 Å². The molecular weight excluding hydrogens is 731 g/mol. The summed E-state index contributed by atoms with van der Waals surface area (Å²) in [5.74, 6) is -0.402. The van der Waals surface area contributed by atoms with E-state index in [1.807, 2.05) is 51.1 Å². The van der Waals surface area contributed by atoms with Crippen LogP contribution in [0.25, 0.3) is 5.69 Å². The minimum absolute atomic E-state index is 0.0141. The van der Waals surface area contributed by atoms with Crippen LogP contribution in [0.2, 0.25) is 10.0 Å². The first-order valence-electron chi connectivity index (χ1n) is 18.3. The number of rotatable bonds is 11. The standard InChI is InChI=1S/C39H44Cl2N8O5/c1-54-34-10-8-30(49-27-42-43-44-49)24-31(34)36(52)48-18-12-38(26-48,29-7-9-32(40)33(41)23-29)11-15-45-16-13-39(14-17-45,28-5-3-2-4-6-28)37(53)47-21-19-46(20-22-47)25-35(50)51/h2-10,23-24,27H,11-22,25-26H2,1H3,(H,50,51). The van der Waals surface area contributed by atoms with Crippen LogP contribution in [0.15, 0.2) is 73.1 Å². The maximum Gasteiger partial charge on any atom is 0.317 e. The Morgan fingerprint density at radius 3 is 2.24 bits per heavy atom. The first kappa shape index (κ1) is 37.7. The molecule has 1 N–H and O–H groups in total. The van der Waals surface area contributed by atoms with Crippen molar-refractivity contribution in [3.63, 3.8) is 0 Å². The highest BCUT2D eigenvalue weighted by Gasteiger charge is 2.47. The number of aromatic nitrogens is 4. The maximum absolute atomic E-state index is 14.4. The Morgan fingerprint density at radius 1 is 0.815 bits per heavy atom. The molecular formula is C39H44Cl2N8O5. The largest absolute Gasteiger partial charge is 0.496 e. The van der Waals surface area contributed by atoms with Gasteiger partial charge in [0.15, 0.2) is 0 Å². The number of tetrazole rings is 1. The molecule has 0 saturated carbocycles. The Labute approximate surface area is 324 Å². The number of ether oxygens (including phenoxy) is 1. The van der Waals surface area contributed by atoms with E-state index in [2.05, 4.69) is 32.6 Å².